The number of hydrogen-bond donors (Lipinski definition) is 0. The highest BCUT2D eigenvalue weighted by molar-refractivity contribution is 7.99. The van der Waals surface area contributed by atoms with E-state index < -0.39 is 0 Å². The molecule has 158 valence electrons. The predicted octanol–water partition coefficient (Wildman–Crippen LogP) is 5.59. The van der Waals surface area contributed by atoms with Gasteiger partial charge in [-0.3, -0.25) is 9.59 Å². The monoisotopic (exact) mass is 457 g/mol. The molecule has 2 aromatic carbocycles. The van der Waals surface area contributed by atoms with E-state index >= 15 is 0 Å². The topological polar surface area (TPSA) is 64.8 Å². The SMILES string of the molecule is Cc1ccc(-n2c(SCC(=O)c3sc4ccccc4c3C)nc3ccccc3c2=O)nc1. The van der Waals surface area contributed by atoms with Gasteiger partial charge in [0.2, 0.25) is 0 Å². The number of aryl methyl sites for hydroxylation is 2. The van der Waals surface area contributed by atoms with Gasteiger partial charge in [-0.1, -0.05) is 48.2 Å². The van der Waals surface area contributed by atoms with E-state index in [1.54, 1.807) is 18.3 Å². The molecule has 0 spiro atoms. The van der Waals surface area contributed by atoms with Crippen LogP contribution in [0.15, 0.2) is 76.8 Å². The van der Waals surface area contributed by atoms with Crippen molar-refractivity contribution < 1.29 is 4.79 Å². The molecule has 3 heterocycles. The normalized spacial score (nSPS) is 11.3. The van der Waals surface area contributed by atoms with Gasteiger partial charge in [0, 0.05) is 10.9 Å². The largest absolute Gasteiger partial charge is 0.292 e. The molecule has 3 aromatic heterocycles. The van der Waals surface area contributed by atoms with Gasteiger partial charge >= 0.3 is 0 Å². The number of hydrogen-bond acceptors (Lipinski definition) is 6. The standard InChI is InChI=1S/C25H19N3O2S2/c1-15-11-12-22(26-13-15)28-24(30)18-8-3-5-9-19(18)27-25(28)31-14-20(29)23-16(2)17-7-4-6-10-21(17)32-23/h3-13H,14H2,1-2H3. The van der Waals surface area contributed by atoms with Crippen molar-refractivity contribution in [1.82, 2.24) is 14.5 Å². The second kappa shape index (κ2) is 8.33. The number of carbonyl (C=O) groups excluding carboxylic acids is 1. The molecule has 0 fully saturated rings. The first-order valence-electron chi connectivity index (χ1n) is 10.1. The van der Waals surface area contributed by atoms with Crippen LogP contribution in [0.1, 0.15) is 20.8 Å². The fourth-order valence-corrected chi connectivity index (χ4v) is 5.75. The quantitative estimate of drug-likeness (QED) is 0.196. The number of aromatic nitrogens is 3. The maximum atomic E-state index is 13.3. The zero-order chi connectivity index (χ0) is 22.2. The smallest absolute Gasteiger partial charge is 0.267 e. The van der Waals surface area contributed by atoms with E-state index in [1.165, 1.54) is 27.7 Å². The van der Waals surface area contributed by atoms with Crippen LogP contribution >= 0.6 is 23.1 Å². The Balaban J connectivity index is 1.55. The average molecular weight is 458 g/mol. The lowest BCUT2D eigenvalue weighted by atomic mass is 10.1. The number of Topliss-reactive ketones (excluding diaryl/α,β-unsaturated/α-hetero) is 1. The molecule has 0 aliphatic carbocycles. The molecule has 0 amide bonds. The van der Waals surface area contributed by atoms with E-state index in [0.717, 1.165) is 26.1 Å². The first kappa shape index (κ1) is 20.6. The number of benzene rings is 2. The Kier molecular flexibility index (Phi) is 5.36. The number of thioether (sulfide) groups is 1. The lowest BCUT2D eigenvalue weighted by Gasteiger charge is -2.12. The van der Waals surface area contributed by atoms with Crippen LogP contribution in [0.4, 0.5) is 0 Å². The molecule has 0 unspecified atom stereocenters. The molecule has 0 radical (unpaired) electrons. The number of rotatable bonds is 5. The molecule has 7 heteroatoms. The molecule has 0 bridgehead atoms. The third-order valence-corrected chi connectivity index (χ3v) is 7.55. The highest BCUT2D eigenvalue weighted by Crippen LogP contribution is 2.32. The molecule has 5 rings (SSSR count). The van der Waals surface area contributed by atoms with Gasteiger partial charge in [-0.15, -0.1) is 11.3 Å². The van der Waals surface area contributed by atoms with Gasteiger partial charge in [0.15, 0.2) is 10.9 Å². The summed E-state index contributed by atoms with van der Waals surface area (Å²) in [5, 5.41) is 2.08. The van der Waals surface area contributed by atoms with Crippen LogP contribution in [0, 0.1) is 13.8 Å². The molecule has 0 aliphatic heterocycles. The minimum absolute atomic E-state index is 0.0273. The summed E-state index contributed by atoms with van der Waals surface area (Å²) in [4.78, 5) is 36.3. The van der Waals surface area contributed by atoms with Gasteiger partial charge < -0.3 is 0 Å². The van der Waals surface area contributed by atoms with Crippen molar-refractivity contribution >= 4 is 49.9 Å². The molecule has 32 heavy (non-hydrogen) atoms. The van der Waals surface area contributed by atoms with Gasteiger partial charge in [0.05, 0.1) is 21.5 Å². The van der Waals surface area contributed by atoms with Gasteiger partial charge in [-0.25, -0.2) is 14.5 Å². The summed E-state index contributed by atoms with van der Waals surface area (Å²) in [6.45, 7) is 3.93. The number of nitrogens with zero attached hydrogens (tertiary/aromatic N) is 3. The van der Waals surface area contributed by atoms with Gasteiger partial charge in [0.1, 0.15) is 5.82 Å². The fraction of sp³-hybridized carbons (Fsp3) is 0.120. The Morgan fingerprint density at radius 2 is 1.75 bits per heavy atom. The number of pyridine rings is 1. The van der Waals surface area contributed by atoms with Crippen molar-refractivity contribution in [1.29, 1.82) is 0 Å². The summed E-state index contributed by atoms with van der Waals surface area (Å²) >= 11 is 2.78. The summed E-state index contributed by atoms with van der Waals surface area (Å²) in [6, 6.07) is 19.0. The van der Waals surface area contributed by atoms with Crippen LogP contribution in [-0.2, 0) is 0 Å². The summed E-state index contributed by atoms with van der Waals surface area (Å²) in [6.07, 6.45) is 1.72. The van der Waals surface area contributed by atoms with Crippen LogP contribution in [0.5, 0.6) is 0 Å². The van der Waals surface area contributed by atoms with E-state index in [-0.39, 0.29) is 17.1 Å². The van der Waals surface area contributed by atoms with Crippen LogP contribution in [-0.4, -0.2) is 26.1 Å². The molecule has 0 saturated carbocycles. The van der Waals surface area contributed by atoms with Gasteiger partial charge in [-0.2, -0.15) is 0 Å². The fourth-order valence-electron chi connectivity index (χ4n) is 3.64. The van der Waals surface area contributed by atoms with Crippen molar-refractivity contribution in [2.45, 2.75) is 19.0 Å². The zero-order valence-electron chi connectivity index (χ0n) is 17.5. The van der Waals surface area contributed by atoms with Crippen LogP contribution in [0.2, 0.25) is 0 Å². The maximum Gasteiger partial charge on any atom is 0.267 e. The molecular weight excluding hydrogens is 438 g/mol. The number of ketones is 1. The minimum Gasteiger partial charge on any atom is -0.292 e. The van der Waals surface area contributed by atoms with Gasteiger partial charge in [0.25, 0.3) is 5.56 Å². The molecular formula is C25H19N3O2S2. The first-order chi connectivity index (χ1) is 15.5. The predicted molar refractivity (Wildman–Crippen MR) is 131 cm³/mol. The Morgan fingerprint density at radius 3 is 2.50 bits per heavy atom. The summed E-state index contributed by atoms with van der Waals surface area (Å²) < 4.78 is 2.60. The lowest BCUT2D eigenvalue weighted by Crippen LogP contribution is -2.23. The third kappa shape index (κ3) is 3.63. The number of carbonyl (C=O) groups is 1. The van der Waals surface area contributed by atoms with Crippen molar-refractivity contribution in [2.24, 2.45) is 0 Å². The highest BCUT2D eigenvalue weighted by Gasteiger charge is 2.19. The van der Waals surface area contributed by atoms with E-state index in [2.05, 4.69) is 4.98 Å². The molecule has 5 aromatic rings. The molecule has 0 saturated heterocycles. The molecule has 5 nitrogen and oxygen atoms in total. The van der Waals surface area contributed by atoms with Crippen molar-refractivity contribution in [3.05, 3.63) is 93.2 Å². The van der Waals surface area contributed by atoms with E-state index in [9.17, 15) is 9.59 Å². The lowest BCUT2D eigenvalue weighted by molar-refractivity contribution is 0.102. The van der Waals surface area contributed by atoms with Gasteiger partial charge in [-0.05, 0) is 54.6 Å². The second-order valence-electron chi connectivity index (χ2n) is 7.51. The third-order valence-electron chi connectivity index (χ3n) is 5.30. The Hall–Kier alpha value is -3.29. The van der Waals surface area contributed by atoms with Crippen molar-refractivity contribution in [3.8, 4) is 5.82 Å². The van der Waals surface area contributed by atoms with E-state index in [4.69, 9.17) is 4.98 Å². The summed E-state index contributed by atoms with van der Waals surface area (Å²) in [5.74, 6) is 0.705. The van der Waals surface area contributed by atoms with Crippen LogP contribution in [0.3, 0.4) is 0 Å². The summed E-state index contributed by atoms with van der Waals surface area (Å²) in [5.41, 5.74) is 2.41. The number of para-hydroxylation sites is 1. The number of thiophene rings is 1. The van der Waals surface area contributed by atoms with E-state index in [0.29, 0.717) is 21.9 Å². The van der Waals surface area contributed by atoms with E-state index in [1.807, 2.05) is 62.4 Å². The molecule has 0 N–H and O–H groups in total. The summed E-state index contributed by atoms with van der Waals surface area (Å²) in [7, 11) is 0. The number of fused-ring (bicyclic) bond motifs is 2. The Morgan fingerprint density at radius 1 is 1.00 bits per heavy atom. The van der Waals surface area contributed by atoms with Crippen molar-refractivity contribution in [2.75, 3.05) is 5.75 Å². The minimum atomic E-state index is -0.194. The molecule has 0 aliphatic rings. The zero-order valence-corrected chi connectivity index (χ0v) is 19.2. The molecule has 0 atom stereocenters. The second-order valence-corrected chi connectivity index (χ2v) is 9.50. The van der Waals surface area contributed by atoms with Crippen molar-refractivity contribution in [3.63, 3.8) is 0 Å². The first-order valence-corrected chi connectivity index (χ1v) is 11.9. The van der Waals surface area contributed by atoms with Crippen LogP contribution in [0.25, 0.3) is 26.8 Å². The van der Waals surface area contributed by atoms with Crippen LogP contribution < -0.4 is 5.56 Å². The Bertz CT molecular complexity index is 1540. The highest BCUT2D eigenvalue weighted by atomic mass is 32.2. The maximum absolute atomic E-state index is 13.3. The Labute approximate surface area is 192 Å². The average Bonchev–Trinajstić information content (AvgIpc) is 3.15.